The molecule has 4 rings (SSSR count). The Labute approximate surface area is 193 Å². The summed E-state index contributed by atoms with van der Waals surface area (Å²) in [6.07, 6.45) is 2.98. The number of carbonyl (C=O) groups excluding carboxylic acids is 4. The number of nitrogens with zero attached hydrogens (tertiary/aromatic N) is 2. The number of benzene rings is 2. The van der Waals surface area contributed by atoms with Crippen LogP contribution in [-0.4, -0.2) is 40.1 Å². The molecule has 0 radical (unpaired) electrons. The second-order valence-corrected chi connectivity index (χ2v) is 9.14. The third-order valence-corrected chi connectivity index (χ3v) is 6.63. The Bertz CT molecular complexity index is 1010. The minimum absolute atomic E-state index is 0.239. The van der Waals surface area contributed by atoms with Crippen molar-refractivity contribution in [3.05, 3.63) is 69.2 Å². The number of Topliss-reactive ketones (excluding diaryl/α,β-unsaturated/α-hetero) is 1. The second kappa shape index (κ2) is 8.93. The van der Waals surface area contributed by atoms with Crippen molar-refractivity contribution in [3.8, 4) is 0 Å². The Morgan fingerprint density at radius 2 is 1.42 bits per heavy atom. The highest BCUT2D eigenvalue weighted by Crippen LogP contribution is 2.39. The number of imide groups is 1. The maximum absolute atomic E-state index is 13.3. The minimum atomic E-state index is -0.595. The first-order valence-electron chi connectivity index (χ1n) is 10.1. The SMILES string of the molecule is O=C(CN(C(=O)c1ccc(Cl)cc1)N1C(=O)[C@@H]2CCCC[C@H]2C1=O)c1ccc(Br)cc1. The number of hydrogen-bond acceptors (Lipinski definition) is 4. The average Bonchev–Trinajstić information content (AvgIpc) is 3.03. The van der Waals surface area contributed by atoms with E-state index < -0.39 is 36.1 Å². The van der Waals surface area contributed by atoms with Crippen LogP contribution in [0.5, 0.6) is 0 Å². The lowest BCUT2D eigenvalue weighted by Gasteiger charge is -2.30. The van der Waals surface area contributed by atoms with Gasteiger partial charge in [0, 0.05) is 20.6 Å². The summed E-state index contributed by atoms with van der Waals surface area (Å²) >= 11 is 9.25. The molecule has 1 aliphatic carbocycles. The molecule has 2 aromatic carbocycles. The lowest BCUT2D eigenvalue weighted by molar-refractivity contribution is -0.154. The van der Waals surface area contributed by atoms with Gasteiger partial charge in [0.05, 0.1) is 11.8 Å². The van der Waals surface area contributed by atoms with Crippen LogP contribution in [0.3, 0.4) is 0 Å². The minimum Gasteiger partial charge on any atom is -0.292 e. The highest BCUT2D eigenvalue weighted by Gasteiger charge is 2.51. The Morgan fingerprint density at radius 3 is 1.97 bits per heavy atom. The fourth-order valence-corrected chi connectivity index (χ4v) is 4.61. The van der Waals surface area contributed by atoms with Crippen molar-refractivity contribution in [1.29, 1.82) is 0 Å². The first-order chi connectivity index (χ1) is 14.9. The number of hydrogen-bond donors (Lipinski definition) is 0. The number of amides is 3. The third kappa shape index (κ3) is 4.29. The quantitative estimate of drug-likeness (QED) is 0.444. The Kier molecular flexibility index (Phi) is 6.25. The summed E-state index contributed by atoms with van der Waals surface area (Å²) in [6.45, 7) is -0.417. The molecule has 3 amide bonds. The van der Waals surface area contributed by atoms with Crippen LogP contribution in [0.25, 0.3) is 0 Å². The highest BCUT2D eigenvalue weighted by molar-refractivity contribution is 9.10. The largest absolute Gasteiger partial charge is 0.292 e. The smallest absolute Gasteiger partial charge is 0.273 e. The van der Waals surface area contributed by atoms with Crippen LogP contribution in [0, 0.1) is 11.8 Å². The molecule has 0 bridgehead atoms. The van der Waals surface area contributed by atoms with E-state index in [1.54, 1.807) is 36.4 Å². The number of hydrazine groups is 1. The van der Waals surface area contributed by atoms with E-state index in [4.69, 9.17) is 11.6 Å². The van der Waals surface area contributed by atoms with E-state index in [9.17, 15) is 19.2 Å². The number of fused-ring (bicyclic) bond motifs is 1. The molecule has 0 aromatic heterocycles. The normalized spacial score (nSPS) is 20.5. The molecule has 160 valence electrons. The number of ketones is 1. The van der Waals surface area contributed by atoms with Crippen molar-refractivity contribution in [2.45, 2.75) is 25.7 Å². The molecule has 1 heterocycles. The van der Waals surface area contributed by atoms with Crippen LogP contribution >= 0.6 is 27.5 Å². The molecule has 0 N–H and O–H groups in total. The molecule has 31 heavy (non-hydrogen) atoms. The van der Waals surface area contributed by atoms with E-state index in [0.717, 1.165) is 27.3 Å². The predicted molar refractivity (Wildman–Crippen MR) is 118 cm³/mol. The summed E-state index contributed by atoms with van der Waals surface area (Å²) in [7, 11) is 0. The first-order valence-corrected chi connectivity index (χ1v) is 11.3. The summed E-state index contributed by atoms with van der Waals surface area (Å²) in [6, 6.07) is 12.8. The van der Waals surface area contributed by atoms with E-state index in [-0.39, 0.29) is 11.3 Å². The molecule has 2 aliphatic rings. The molecule has 0 unspecified atom stereocenters. The summed E-state index contributed by atoms with van der Waals surface area (Å²) in [5.41, 5.74) is 0.622. The van der Waals surface area contributed by atoms with Gasteiger partial charge in [-0.2, -0.15) is 5.01 Å². The number of rotatable bonds is 5. The van der Waals surface area contributed by atoms with Crippen LogP contribution in [-0.2, 0) is 9.59 Å². The zero-order valence-corrected chi connectivity index (χ0v) is 18.9. The summed E-state index contributed by atoms with van der Waals surface area (Å²) in [5.74, 6) is -2.62. The van der Waals surface area contributed by atoms with Crippen LogP contribution in [0.2, 0.25) is 5.02 Å². The van der Waals surface area contributed by atoms with Gasteiger partial charge in [-0.05, 0) is 49.2 Å². The van der Waals surface area contributed by atoms with Crippen LogP contribution in [0.15, 0.2) is 53.0 Å². The maximum Gasteiger partial charge on any atom is 0.273 e. The van der Waals surface area contributed by atoms with E-state index in [1.807, 2.05) is 0 Å². The zero-order valence-electron chi connectivity index (χ0n) is 16.6. The molecular formula is C23H20BrClN2O4. The molecule has 8 heteroatoms. The van der Waals surface area contributed by atoms with Crippen molar-refractivity contribution < 1.29 is 19.2 Å². The molecule has 2 fully saturated rings. The first kappa shape index (κ1) is 21.7. The van der Waals surface area contributed by atoms with Gasteiger partial charge in [-0.25, -0.2) is 5.01 Å². The Morgan fingerprint density at radius 1 is 0.903 bits per heavy atom. The number of carbonyl (C=O) groups is 4. The van der Waals surface area contributed by atoms with Crippen molar-refractivity contribution in [1.82, 2.24) is 10.0 Å². The fourth-order valence-electron chi connectivity index (χ4n) is 4.22. The molecular weight excluding hydrogens is 484 g/mol. The van der Waals surface area contributed by atoms with Gasteiger partial charge in [0.25, 0.3) is 17.7 Å². The lowest BCUT2D eigenvalue weighted by atomic mass is 9.81. The van der Waals surface area contributed by atoms with Gasteiger partial charge in [-0.15, -0.1) is 0 Å². The average molecular weight is 504 g/mol. The van der Waals surface area contributed by atoms with Crippen LogP contribution in [0.1, 0.15) is 46.4 Å². The molecule has 1 saturated heterocycles. The van der Waals surface area contributed by atoms with Crippen LogP contribution in [0.4, 0.5) is 0 Å². The lowest BCUT2D eigenvalue weighted by Crippen LogP contribution is -2.52. The van der Waals surface area contributed by atoms with Gasteiger partial charge in [-0.3, -0.25) is 19.2 Å². The van der Waals surface area contributed by atoms with Gasteiger partial charge >= 0.3 is 0 Å². The van der Waals surface area contributed by atoms with Crippen LogP contribution < -0.4 is 0 Å². The Hall–Kier alpha value is -2.51. The molecule has 2 aromatic rings. The van der Waals surface area contributed by atoms with E-state index in [1.165, 1.54) is 12.1 Å². The van der Waals surface area contributed by atoms with Crippen molar-refractivity contribution in [2.24, 2.45) is 11.8 Å². The van der Waals surface area contributed by atoms with Gasteiger partial charge in [-0.1, -0.05) is 52.5 Å². The summed E-state index contributed by atoms with van der Waals surface area (Å²) in [4.78, 5) is 52.5. The number of halogens is 2. The molecule has 1 aliphatic heterocycles. The Balaban J connectivity index is 1.68. The zero-order chi connectivity index (χ0) is 22.1. The highest BCUT2D eigenvalue weighted by atomic mass is 79.9. The summed E-state index contributed by atoms with van der Waals surface area (Å²) in [5, 5.41) is 2.36. The van der Waals surface area contributed by atoms with Crippen molar-refractivity contribution in [3.63, 3.8) is 0 Å². The van der Waals surface area contributed by atoms with E-state index in [0.29, 0.717) is 23.4 Å². The third-order valence-electron chi connectivity index (χ3n) is 5.84. The standard InChI is InChI=1S/C23H20BrClN2O4/c24-16-9-5-14(6-10-16)20(28)13-26(21(29)15-7-11-17(25)12-8-15)27-22(30)18-3-1-2-4-19(18)23(27)31/h5-12,18-19H,1-4,13H2/t18-,19-/m1/s1. The topological polar surface area (TPSA) is 74.8 Å². The van der Waals surface area contributed by atoms with Gasteiger partial charge < -0.3 is 0 Å². The van der Waals surface area contributed by atoms with E-state index >= 15 is 0 Å². The molecule has 0 spiro atoms. The van der Waals surface area contributed by atoms with Crippen molar-refractivity contribution >= 4 is 51.0 Å². The summed E-state index contributed by atoms with van der Waals surface area (Å²) < 4.78 is 0.812. The fraction of sp³-hybridized carbons (Fsp3) is 0.304. The monoisotopic (exact) mass is 502 g/mol. The van der Waals surface area contributed by atoms with Crippen molar-refractivity contribution in [2.75, 3.05) is 6.54 Å². The van der Waals surface area contributed by atoms with Gasteiger partial charge in [0.2, 0.25) is 0 Å². The molecule has 2 atom stereocenters. The molecule has 6 nitrogen and oxygen atoms in total. The second-order valence-electron chi connectivity index (χ2n) is 7.79. The predicted octanol–water partition coefficient (Wildman–Crippen LogP) is 4.52. The van der Waals surface area contributed by atoms with Gasteiger partial charge in [0.1, 0.15) is 6.54 Å². The van der Waals surface area contributed by atoms with E-state index in [2.05, 4.69) is 15.9 Å². The maximum atomic E-state index is 13.3. The van der Waals surface area contributed by atoms with Gasteiger partial charge in [0.15, 0.2) is 5.78 Å². The molecule has 1 saturated carbocycles.